The molecule has 160 valence electrons. The Morgan fingerprint density at radius 1 is 1.27 bits per heavy atom. The van der Waals surface area contributed by atoms with Crippen molar-refractivity contribution in [2.75, 3.05) is 18.1 Å². The van der Waals surface area contributed by atoms with Crippen LogP contribution in [0.5, 0.6) is 23.0 Å². The molecule has 4 rings (SSSR count). The molecule has 8 nitrogen and oxygen atoms in total. The van der Waals surface area contributed by atoms with Gasteiger partial charge in [-0.05, 0) is 26.0 Å². The van der Waals surface area contributed by atoms with Crippen LogP contribution in [0.25, 0.3) is 0 Å². The number of carboxylic acids is 1. The molecule has 2 N–H and O–H groups in total. The number of nitrogens with one attached hydrogen (secondary N) is 1. The van der Waals surface area contributed by atoms with Crippen LogP contribution in [0.4, 0.5) is 5.69 Å². The lowest BCUT2D eigenvalue weighted by Crippen LogP contribution is -2.22. The summed E-state index contributed by atoms with van der Waals surface area (Å²) in [6.07, 6.45) is 0.0359. The average molecular weight is 433 g/mol. The Balaban J connectivity index is 1.49. The number of fused-ring (bicyclic) bond motifs is 2. The first kappa shape index (κ1) is 20.5. The van der Waals surface area contributed by atoms with Gasteiger partial charge < -0.3 is 28.6 Å². The monoisotopic (exact) mass is 433 g/mol. The summed E-state index contributed by atoms with van der Waals surface area (Å²) < 4.78 is 37.7. The Kier molecular flexibility index (Phi) is 5.83. The molecule has 2 aliphatic rings. The van der Waals surface area contributed by atoms with E-state index in [0.29, 0.717) is 35.3 Å². The van der Waals surface area contributed by atoms with Crippen molar-refractivity contribution in [1.29, 1.82) is 0 Å². The van der Waals surface area contributed by atoms with E-state index >= 15 is 0 Å². The van der Waals surface area contributed by atoms with E-state index in [4.69, 9.17) is 24.1 Å². The van der Waals surface area contributed by atoms with E-state index in [1.54, 1.807) is 18.2 Å². The van der Waals surface area contributed by atoms with Crippen molar-refractivity contribution in [1.82, 2.24) is 0 Å². The summed E-state index contributed by atoms with van der Waals surface area (Å²) in [6.45, 7) is 4.43. The summed E-state index contributed by atoms with van der Waals surface area (Å²) in [5, 5.41) is 8.99. The van der Waals surface area contributed by atoms with Crippen molar-refractivity contribution in [3.05, 3.63) is 41.5 Å². The molecule has 2 unspecified atom stereocenters. The van der Waals surface area contributed by atoms with Crippen molar-refractivity contribution in [2.45, 2.75) is 38.0 Å². The van der Waals surface area contributed by atoms with Crippen molar-refractivity contribution >= 4 is 23.0 Å². The Labute approximate surface area is 177 Å². The third-order valence-electron chi connectivity index (χ3n) is 4.88. The standard InChI is InChI=1S/C21H23NO7S/c1-12(2)30(25)22-15-5-14(21-19(7-15)28-11-29-21)10-26-16-3-4-17-13(6-20(23)24)9-27-18(17)8-16/h3-5,7-8,12-13,22H,6,9-11H2,1-2H3,(H,23,24). The number of carboxylic acid groups (broad SMARTS) is 1. The molecule has 0 saturated heterocycles. The molecule has 2 aromatic carbocycles. The molecule has 2 atom stereocenters. The van der Waals surface area contributed by atoms with Crippen LogP contribution in [0.1, 0.15) is 37.3 Å². The maximum Gasteiger partial charge on any atom is 0.304 e. The number of hydrogen-bond acceptors (Lipinski definition) is 7. The van der Waals surface area contributed by atoms with Crippen molar-refractivity contribution < 1.29 is 33.4 Å². The molecular formula is C21H23NO7S. The molecule has 30 heavy (non-hydrogen) atoms. The van der Waals surface area contributed by atoms with Gasteiger partial charge in [0.1, 0.15) is 23.4 Å². The second-order valence-corrected chi connectivity index (χ2v) is 9.15. The molecule has 0 bridgehead atoms. The zero-order valence-corrected chi connectivity index (χ0v) is 17.5. The summed E-state index contributed by atoms with van der Waals surface area (Å²) in [4.78, 5) is 11.0. The number of ether oxygens (including phenoxy) is 4. The van der Waals surface area contributed by atoms with Crippen molar-refractivity contribution in [3.63, 3.8) is 0 Å². The highest BCUT2D eigenvalue weighted by atomic mass is 32.2. The van der Waals surface area contributed by atoms with E-state index < -0.39 is 17.3 Å². The van der Waals surface area contributed by atoms with E-state index in [2.05, 4.69) is 4.72 Å². The summed E-state index contributed by atoms with van der Waals surface area (Å²) in [7, 11) is 0. The normalized spacial score (nSPS) is 17.4. The van der Waals surface area contributed by atoms with Crippen LogP contribution in [0.15, 0.2) is 30.3 Å². The Bertz CT molecular complexity index is 949. The fourth-order valence-electron chi connectivity index (χ4n) is 3.37. The lowest BCUT2D eigenvalue weighted by molar-refractivity contribution is -0.137. The van der Waals surface area contributed by atoms with Gasteiger partial charge in [-0.25, -0.2) is 4.72 Å². The molecule has 0 spiro atoms. The summed E-state index contributed by atoms with van der Waals surface area (Å²) in [5.41, 5.74) is 2.31. The summed E-state index contributed by atoms with van der Waals surface area (Å²) in [5.74, 6) is 1.43. The average Bonchev–Trinajstić information content (AvgIpc) is 3.32. The van der Waals surface area contributed by atoms with Crippen LogP contribution in [0, 0.1) is 0 Å². The van der Waals surface area contributed by atoms with Gasteiger partial charge in [-0.1, -0.05) is 6.07 Å². The maximum atomic E-state index is 12.2. The number of hydrogen-bond donors (Lipinski definition) is 2. The van der Waals surface area contributed by atoms with Gasteiger partial charge in [0.2, 0.25) is 6.79 Å². The number of anilines is 1. The molecule has 0 saturated carbocycles. The highest BCUT2D eigenvalue weighted by Gasteiger charge is 2.27. The molecular weight excluding hydrogens is 410 g/mol. The van der Waals surface area contributed by atoms with Gasteiger partial charge in [0.15, 0.2) is 11.5 Å². The number of rotatable bonds is 8. The molecule has 0 aliphatic carbocycles. The van der Waals surface area contributed by atoms with Gasteiger partial charge in [0.05, 0.1) is 30.1 Å². The largest absolute Gasteiger partial charge is 0.593 e. The molecule has 0 radical (unpaired) electrons. The molecule has 0 amide bonds. The maximum absolute atomic E-state index is 12.2. The van der Waals surface area contributed by atoms with Crippen LogP contribution in [-0.4, -0.2) is 34.3 Å². The predicted octanol–water partition coefficient (Wildman–Crippen LogP) is 3.43. The quantitative estimate of drug-likeness (QED) is 0.610. The third-order valence-corrected chi connectivity index (χ3v) is 6.17. The second kappa shape index (κ2) is 8.53. The van der Waals surface area contributed by atoms with Gasteiger partial charge in [0.25, 0.3) is 0 Å². The van der Waals surface area contributed by atoms with Gasteiger partial charge >= 0.3 is 5.97 Å². The smallest absolute Gasteiger partial charge is 0.304 e. The van der Waals surface area contributed by atoms with Crippen molar-refractivity contribution in [3.8, 4) is 23.0 Å². The zero-order valence-electron chi connectivity index (χ0n) is 16.7. The number of aliphatic carboxylic acids is 1. The predicted molar refractivity (Wildman–Crippen MR) is 111 cm³/mol. The minimum Gasteiger partial charge on any atom is -0.593 e. The lowest BCUT2D eigenvalue weighted by atomic mass is 9.98. The Hall–Kier alpha value is -2.78. The van der Waals surface area contributed by atoms with Crippen LogP contribution in [-0.2, 0) is 22.8 Å². The molecule has 0 fully saturated rings. The minimum absolute atomic E-state index is 0.0357. The topological polar surface area (TPSA) is 109 Å². The summed E-state index contributed by atoms with van der Waals surface area (Å²) in [6, 6.07) is 9.01. The van der Waals surface area contributed by atoms with Gasteiger partial charge in [0, 0.05) is 29.2 Å². The summed E-state index contributed by atoms with van der Waals surface area (Å²) >= 11 is -1.22. The minimum atomic E-state index is -1.22. The van der Waals surface area contributed by atoms with E-state index in [1.807, 2.05) is 26.0 Å². The van der Waals surface area contributed by atoms with Crippen LogP contribution < -0.4 is 23.7 Å². The van der Waals surface area contributed by atoms with E-state index in [1.165, 1.54) is 0 Å². The Morgan fingerprint density at radius 3 is 2.87 bits per heavy atom. The van der Waals surface area contributed by atoms with Crippen LogP contribution in [0.3, 0.4) is 0 Å². The fourth-order valence-corrected chi connectivity index (χ4v) is 3.96. The third kappa shape index (κ3) is 4.36. The second-order valence-electron chi connectivity index (χ2n) is 7.41. The van der Waals surface area contributed by atoms with E-state index in [9.17, 15) is 9.35 Å². The Morgan fingerprint density at radius 2 is 2.10 bits per heavy atom. The molecule has 2 aromatic rings. The van der Waals surface area contributed by atoms with Crippen LogP contribution >= 0.6 is 0 Å². The number of benzene rings is 2. The highest BCUT2D eigenvalue weighted by molar-refractivity contribution is 7.93. The molecule has 9 heteroatoms. The molecule has 2 aliphatic heterocycles. The van der Waals surface area contributed by atoms with E-state index in [0.717, 1.165) is 11.1 Å². The zero-order chi connectivity index (χ0) is 21.3. The first-order valence-corrected chi connectivity index (χ1v) is 10.8. The van der Waals surface area contributed by atoms with E-state index in [-0.39, 0.29) is 31.0 Å². The lowest BCUT2D eigenvalue weighted by Gasteiger charge is -2.16. The number of carbonyl (C=O) groups is 1. The van der Waals surface area contributed by atoms with Gasteiger partial charge in [-0.15, -0.1) is 0 Å². The van der Waals surface area contributed by atoms with Crippen LogP contribution in [0.2, 0.25) is 0 Å². The SMILES string of the molecule is CC(C)[S+]([O-])Nc1cc(COc2ccc3c(c2)OCC3CC(=O)O)c2c(c1)OCO2. The fraction of sp³-hybridized carbons (Fsp3) is 0.381. The van der Waals surface area contributed by atoms with Gasteiger partial charge in [-0.2, -0.15) is 0 Å². The highest BCUT2D eigenvalue weighted by Crippen LogP contribution is 2.41. The molecule has 0 aromatic heterocycles. The van der Waals surface area contributed by atoms with Gasteiger partial charge in [-0.3, -0.25) is 4.79 Å². The first-order chi connectivity index (χ1) is 14.4. The van der Waals surface area contributed by atoms with Crippen molar-refractivity contribution in [2.24, 2.45) is 0 Å². The first-order valence-electron chi connectivity index (χ1n) is 9.62. The molecule has 2 heterocycles.